The van der Waals surface area contributed by atoms with Gasteiger partial charge in [0.15, 0.2) is 6.10 Å². The maximum absolute atomic E-state index is 12.8. The van der Waals surface area contributed by atoms with Crippen LogP contribution in [0.1, 0.15) is 297 Å². The average molecular weight is 978 g/mol. The normalized spacial score (nSPS) is 12.6. The number of hydrogen-bond acceptors (Lipinski definition) is 6. The van der Waals surface area contributed by atoms with Crippen molar-refractivity contribution in [1.82, 2.24) is 0 Å². The largest absolute Gasteiger partial charge is 0.462 e. The molecule has 0 N–H and O–H groups in total. The second-order valence-electron chi connectivity index (χ2n) is 19.9. The van der Waals surface area contributed by atoms with Crippen LogP contribution in [-0.4, -0.2) is 37.2 Å². The number of rotatable bonds is 54. The molecule has 0 radical (unpaired) electrons. The molecule has 404 valence electrons. The third-order valence-electron chi connectivity index (χ3n) is 12.9. The van der Waals surface area contributed by atoms with Crippen molar-refractivity contribution in [2.75, 3.05) is 13.2 Å². The van der Waals surface area contributed by atoms with Gasteiger partial charge in [0.05, 0.1) is 0 Å². The molecule has 0 aliphatic heterocycles. The molecule has 1 unspecified atom stereocenters. The summed E-state index contributed by atoms with van der Waals surface area (Å²) < 4.78 is 16.8. The molecular weight excluding hydrogens is 865 g/mol. The molecule has 0 amide bonds. The van der Waals surface area contributed by atoms with Crippen LogP contribution >= 0.6 is 0 Å². The molecule has 1 atom stereocenters. The molecular formula is C64H112O6. The van der Waals surface area contributed by atoms with Gasteiger partial charge in [-0.1, -0.05) is 241 Å². The SMILES string of the molecule is CC/C=C\C/C=C\C/C=C\CCCCCC(=O)OCC(COC(=O)CCCCCCCCCCCCCCC/C=C\C/C=C\CCCCCCC)OC(=O)CCCCCCC/C=C\CCCCCCC. The van der Waals surface area contributed by atoms with E-state index in [0.29, 0.717) is 19.3 Å². The Morgan fingerprint density at radius 2 is 0.557 bits per heavy atom. The van der Waals surface area contributed by atoms with Crippen LogP contribution in [0.3, 0.4) is 0 Å². The van der Waals surface area contributed by atoms with Gasteiger partial charge in [0.1, 0.15) is 13.2 Å². The van der Waals surface area contributed by atoms with Crippen molar-refractivity contribution >= 4 is 17.9 Å². The van der Waals surface area contributed by atoms with Crippen molar-refractivity contribution in [2.45, 2.75) is 303 Å². The number of carbonyl (C=O) groups is 3. The lowest BCUT2D eigenvalue weighted by atomic mass is 10.0. The molecule has 6 heteroatoms. The van der Waals surface area contributed by atoms with E-state index in [2.05, 4.69) is 93.7 Å². The Bertz CT molecular complexity index is 1310. The second kappa shape index (κ2) is 58.4. The lowest BCUT2D eigenvalue weighted by Crippen LogP contribution is -2.30. The maximum atomic E-state index is 12.8. The van der Waals surface area contributed by atoms with E-state index in [4.69, 9.17) is 14.2 Å². The summed E-state index contributed by atoms with van der Waals surface area (Å²) in [5, 5.41) is 0. The van der Waals surface area contributed by atoms with Gasteiger partial charge in [-0.2, -0.15) is 0 Å². The third-order valence-corrected chi connectivity index (χ3v) is 12.9. The quantitative estimate of drug-likeness (QED) is 0.0261. The van der Waals surface area contributed by atoms with E-state index in [0.717, 1.165) is 103 Å². The third kappa shape index (κ3) is 55.8. The summed E-state index contributed by atoms with van der Waals surface area (Å²) in [4.78, 5) is 38.1. The highest BCUT2D eigenvalue weighted by molar-refractivity contribution is 5.71. The summed E-state index contributed by atoms with van der Waals surface area (Å²) in [5.74, 6) is -0.919. The minimum atomic E-state index is -0.791. The fourth-order valence-corrected chi connectivity index (χ4v) is 8.42. The molecule has 0 aliphatic carbocycles. The first-order valence-corrected chi connectivity index (χ1v) is 29.9. The van der Waals surface area contributed by atoms with E-state index in [9.17, 15) is 14.4 Å². The highest BCUT2D eigenvalue weighted by Crippen LogP contribution is 2.16. The van der Waals surface area contributed by atoms with E-state index in [1.807, 2.05) is 0 Å². The van der Waals surface area contributed by atoms with Crippen molar-refractivity contribution < 1.29 is 28.6 Å². The molecule has 0 heterocycles. The van der Waals surface area contributed by atoms with Crippen LogP contribution in [0, 0.1) is 0 Å². The smallest absolute Gasteiger partial charge is 0.306 e. The van der Waals surface area contributed by atoms with E-state index in [1.54, 1.807) is 0 Å². The van der Waals surface area contributed by atoms with Crippen LogP contribution in [0.2, 0.25) is 0 Å². The average Bonchev–Trinajstić information content (AvgIpc) is 3.36. The van der Waals surface area contributed by atoms with Crippen LogP contribution in [0.15, 0.2) is 72.9 Å². The number of esters is 3. The zero-order valence-corrected chi connectivity index (χ0v) is 46.3. The van der Waals surface area contributed by atoms with Crippen molar-refractivity contribution in [3.8, 4) is 0 Å². The first-order chi connectivity index (χ1) is 34.5. The fraction of sp³-hybridized carbons (Fsp3) is 0.766. The van der Waals surface area contributed by atoms with Gasteiger partial charge < -0.3 is 14.2 Å². The number of allylic oxidation sites excluding steroid dienone is 12. The van der Waals surface area contributed by atoms with E-state index < -0.39 is 6.10 Å². The summed E-state index contributed by atoms with van der Waals surface area (Å²) in [6, 6.07) is 0. The van der Waals surface area contributed by atoms with Gasteiger partial charge in [0, 0.05) is 19.3 Å². The van der Waals surface area contributed by atoms with Crippen molar-refractivity contribution in [1.29, 1.82) is 0 Å². The topological polar surface area (TPSA) is 78.9 Å². The Morgan fingerprint density at radius 1 is 0.300 bits per heavy atom. The predicted octanol–water partition coefficient (Wildman–Crippen LogP) is 20.2. The van der Waals surface area contributed by atoms with Gasteiger partial charge in [0.2, 0.25) is 0 Å². The summed E-state index contributed by atoms with van der Waals surface area (Å²) in [6.07, 6.45) is 74.8. The van der Waals surface area contributed by atoms with Crippen molar-refractivity contribution in [2.24, 2.45) is 0 Å². The number of unbranched alkanes of at least 4 members (excludes halogenated alkanes) is 31. The minimum Gasteiger partial charge on any atom is -0.462 e. The lowest BCUT2D eigenvalue weighted by Gasteiger charge is -2.18. The summed E-state index contributed by atoms with van der Waals surface area (Å²) >= 11 is 0. The molecule has 0 aromatic heterocycles. The standard InChI is InChI=1S/C64H112O6/c1-4-7-10-13-16-19-22-25-27-28-29-30-31-32-33-34-35-36-37-40-42-45-48-51-54-57-63(66)69-60-61(59-68-62(65)56-53-50-47-44-41-38-24-21-18-15-12-9-6-3)70-64(67)58-55-52-49-46-43-39-26-23-20-17-14-11-8-5-2/h9,12,18,21-23,25-26,28-29,38,41,61H,4-8,10-11,13-17,19-20,24,27,30-37,39-40,42-60H2,1-3H3/b12-9-,21-18-,25-22-,26-23-,29-28-,41-38-. The van der Waals surface area contributed by atoms with Gasteiger partial charge in [-0.05, 0) is 109 Å². The maximum Gasteiger partial charge on any atom is 0.306 e. The molecule has 0 spiro atoms. The molecule has 0 rings (SSSR count). The van der Waals surface area contributed by atoms with Crippen molar-refractivity contribution in [3.05, 3.63) is 72.9 Å². The van der Waals surface area contributed by atoms with Crippen LogP contribution in [0.25, 0.3) is 0 Å². The van der Waals surface area contributed by atoms with Crippen LogP contribution in [0.4, 0.5) is 0 Å². The second-order valence-corrected chi connectivity index (χ2v) is 19.9. The molecule has 0 aromatic carbocycles. The Hall–Kier alpha value is -3.15. The van der Waals surface area contributed by atoms with Gasteiger partial charge >= 0.3 is 17.9 Å². The summed E-state index contributed by atoms with van der Waals surface area (Å²) in [5.41, 5.74) is 0. The van der Waals surface area contributed by atoms with Crippen LogP contribution in [0.5, 0.6) is 0 Å². The van der Waals surface area contributed by atoms with Crippen LogP contribution < -0.4 is 0 Å². The minimum absolute atomic E-state index is 0.0874. The zero-order valence-electron chi connectivity index (χ0n) is 46.3. The Balaban J connectivity index is 4.28. The van der Waals surface area contributed by atoms with Gasteiger partial charge in [-0.15, -0.1) is 0 Å². The number of ether oxygens (including phenoxy) is 3. The molecule has 0 aliphatic rings. The van der Waals surface area contributed by atoms with Crippen LogP contribution in [-0.2, 0) is 28.6 Å². The molecule has 0 bridgehead atoms. The summed E-state index contributed by atoms with van der Waals surface area (Å²) in [7, 11) is 0. The molecule has 0 saturated carbocycles. The van der Waals surface area contributed by atoms with Gasteiger partial charge in [-0.3, -0.25) is 14.4 Å². The molecule has 6 nitrogen and oxygen atoms in total. The first-order valence-electron chi connectivity index (χ1n) is 29.9. The van der Waals surface area contributed by atoms with Crippen molar-refractivity contribution in [3.63, 3.8) is 0 Å². The molecule has 70 heavy (non-hydrogen) atoms. The molecule has 0 fully saturated rings. The Kier molecular flexibility index (Phi) is 55.8. The zero-order chi connectivity index (χ0) is 50.7. The lowest BCUT2D eigenvalue weighted by molar-refractivity contribution is -0.167. The predicted molar refractivity (Wildman–Crippen MR) is 302 cm³/mol. The van der Waals surface area contributed by atoms with E-state index in [-0.39, 0.29) is 31.1 Å². The monoisotopic (exact) mass is 977 g/mol. The van der Waals surface area contributed by atoms with E-state index in [1.165, 1.54) is 154 Å². The Labute approximate surface area is 433 Å². The highest BCUT2D eigenvalue weighted by Gasteiger charge is 2.19. The number of carbonyl (C=O) groups excluding carboxylic acids is 3. The number of hydrogen-bond donors (Lipinski definition) is 0. The highest BCUT2D eigenvalue weighted by atomic mass is 16.6. The first kappa shape index (κ1) is 66.9. The van der Waals surface area contributed by atoms with Gasteiger partial charge in [0.25, 0.3) is 0 Å². The molecule has 0 aromatic rings. The van der Waals surface area contributed by atoms with E-state index >= 15 is 0 Å². The summed E-state index contributed by atoms with van der Waals surface area (Å²) in [6.45, 7) is 6.49. The Morgan fingerprint density at radius 3 is 0.900 bits per heavy atom. The fourth-order valence-electron chi connectivity index (χ4n) is 8.42. The molecule has 0 saturated heterocycles. The van der Waals surface area contributed by atoms with Gasteiger partial charge in [-0.25, -0.2) is 0 Å².